The molecule has 1 heteroatoms. The molecule has 0 heterocycles. The molecule has 2 N–H and O–H groups in total. The van der Waals surface area contributed by atoms with Crippen molar-refractivity contribution < 1.29 is 0 Å². The molecule has 3 atom stereocenters. The first-order chi connectivity index (χ1) is 6.79. The fraction of sp³-hybridized carbons (Fsp3) is 1.00. The molecule has 1 aliphatic carbocycles. The second-order valence-electron chi connectivity index (χ2n) is 5.06. The molecule has 1 nitrogen and oxygen atoms in total. The summed E-state index contributed by atoms with van der Waals surface area (Å²) < 4.78 is 0. The molecule has 1 fully saturated rings. The van der Waals surface area contributed by atoms with Gasteiger partial charge in [0.1, 0.15) is 0 Å². The molecule has 1 saturated carbocycles. The van der Waals surface area contributed by atoms with Gasteiger partial charge in [-0.15, -0.1) is 0 Å². The second kappa shape index (κ2) is 6.44. The lowest BCUT2D eigenvalue weighted by Gasteiger charge is -2.29. The van der Waals surface area contributed by atoms with Gasteiger partial charge in [0.05, 0.1) is 0 Å². The van der Waals surface area contributed by atoms with Gasteiger partial charge in [-0.1, -0.05) is 46.0 Å². The van der Waals surface area contributed by atoms with Crippen LogP contribution in [-0.4, -0.2) is 6.54 Å². The van der Waals surface area contributed by atoms with Gasteiger partial charge >= 0.3 is 0 Å². The van der Waals surface area contributed by atoms with Crippen LogP contribution in [-0.2, 0) is 0 Å². The number of hydrogen-bond donors (Lipinski definition) is 1. The highest BCUT2D eigenvalue weighted by atomic mass is 14.6. The first kappa shape index (κ1) is 12.0. The monoisotopic (exact) mass is 197 g/mol. The molecule has 0 aliphatic heterocycles. The van der Waals surface area contributed by atoms with E-state index >= 15 is 0 Å². The summed E-state index contributed by atoms with van der Waals surface area (Å²) in [4.78, 5) is 0. The van der Waals surface area contributed by atoms with Crippen molar-refractivity contribution in [3.63, 3.8) is 0 Å². The van der Waals surface area contributed by atoms with E-state index in [1.54, 1.807) is 0 Å². The predicted molar refractivity (Wildman–Crippen MR) is 63.2 cm³/mol. The van der Waals surface area contributed by atoms with E-state index in [9.17, 15) is 0 Å². The van der Waals surface area contributed by atoms with Crippen LogP contribution in [0.5, 0.6) is 0 Å². The van der Waals surface area contributed by atoms with Gasteiger partial charge in [-0.2, -0.15) is 0 Å². The predicted octanol–water partition coefficient (Wildman–Crippen LogP) is 3.58. The lowest BCUT2D eigenvalue weighted by atomic mass is 9.77. The largest absolute Gasteiger partial charge is 0.330 e. The molecule has 0 saturated heterocycles. The molecule has 84 valence electrons. The van der Waals surface area contributed by atoms with E-state index < -0.39 is 0 Å². The Kier molecular flexibility index (Phi) is 5.54. The van der Waals surface area contributed by atoms with Crippen molar-refractivity contribution in [2.75, 3.05) is 6.54 Å². The van der Waals surface area contributed by atoms with Gasteiger partial charge in [-0.3, -0.25) is 0 Å². The minimum absolute atomic E-state index is 0.819. The highest BCUT2D eigenvalue weighted by Gasteiger charge is 2.26. The summed E-state index contributed by atoms with van der Waals surface area (Å²) >= 11 is 0. The zero-order chi connectivity index (χ0) is 10.4. The van der Waals surface area contributed by atoms with Crippen molar-refractivity contribution >= 4 is 0 Å². The summed E-state index contributed by atoms with van der Waals surface area (Å²) in [6.07, 6.45) is 9.83. The Bertz CT molecular complexity index is 144. The Balaban J connectivity index is 2.50. The van der Waals surface area contributed by atoms with Crippen LogP contribution < -0.4 is 5.73 Å². The molecule has 0 aromatic heterocycles. The van der Waals surface area contributed by atoms with Crippen molar-refractivity contribution in [2.45, 2.75) is 58.8 Å². The van der Waals surface area contributed by atoms with Crippen molar-refractivity contribution in [1.29, 1.82) is 0 Å². The summed E-state index contributed by atoms with van der Waals surface area (Å²) in [5.41, 5.74) is 5.90. The van der Waals surface area contributed by atoms with Crippen LogP contribution in [0.25, 0.3) is 0 Å². The van der Waals surface area contributed by atoms with Crippen LogP contribution in [0.1, 0.15) is 58.8 Å². The highest BCUT2D eigenvalue weighted by molar-refractivity contribution is 4.78. The fourth-order valence-electron chi connectivity index (χ4n) is 3.12. The molecule has 1 rings (SSSR count). The van der Waals surface area contributed by atoms with Crippen LogP contribution >= 0.6 is 0 Å². The second-order valence-corrected chi connectivity index (χ2v) is 5.06. The number of hydrogen-bond acceptors (Lipinski definition) is 1. The molecule has 0 radical (unpaired) electrons. The SMILES string of the molecule is CCCC(C)C1CCCCCC1CN. The van der Waals surface area contributed by atoms with Gasteiger partial charge in [0, 0.05) is 0 Å². The van der Waals surface area contributed by atoms with Gasteiger partial charge in [-0.25, -0.2) is 0 Å². The third kappa shape index (κ3) is 3.27. The first-order valence-electron chi connectivity index (χ1n) is 6.49. The minimum Gasteiger partial charge on any atom is -0.330 e. The molecule has 0 spiro atoms. The lowest BCUT2D eigenvalue weighted by molar-refractivity contribution is 0.219. The Morgan fingerprint density at radius 2 is 1.93 bits per heavy atom. The van der Waals surface area contributed by atoms with Gasteiger partial charge in [-0.05, 0) is 37.1 Å². The van der Waals surface area contributed by atoms with E-state index in [2.05, 4.69) is 13.8 Å². The highest BCUT2D eigenvalue weighted by Crippen LogP contribution is 2.35. The van der Waals surface area contributed by atoms with Crippen LogP contribution in [0.4, 0.5) is 0 Å². The Morgan fingerprint density at radius 3 is 2.57 bits per heavy atom. The minimum atomic E-state index is 0.819. The zero-order valence-corrected chi connectivity index (χ0v) is 9.97. The van der Waals surface area contributed by atoms with E-state index in [0.717, 1.165) is 24.3 Å². The van der Waals surface area contributed by atoms with Crippen molar-refractivity contribution in [3.8, 4) is 0 Å². The number of nitrogens with two attached hydrogens (primary N) is 1. The standard InChI is InChI=1S/C13H27N/c1-3-7-11(2)13-9-6-4-5-8-12(13)10-14/h11-13H,3-10,14H2,1-2H3. The third-order valence-corrected chi connectivity index (χ3v) is 4.00. The smallest absolute Gasteiger partial charge is 0.00461 e. The Hall–Kier alpha value is -0.0400. The number of rotatable bonds is 4. The first-order valence-corrected chi connectivity index (χ1v) is 6.49. The van der Waals surface area contributed by atoms with Crippen molar-refractivity contribution in [3.05, 3.63) is 0 Å². The van der Waals surface area contributed by atoms with Gasteiger partial charge < -0.3 is 5.73 Å². The molecule has 0 aromatic rings. The molecule has 3 unspecified atom stereocenters. The van der Waals surface area contributed by atoms with Crippen LogP contribution in [0.15, 0.2) is 0 Å². The summed E-state index contributed by atoms with van der Waals surface area (Å²) in [5, 5.41) is 0. The average Bonchev–Trinajstić information content (AvgIpc) is 2.42. The normalized spacial score (nSPS) is 31.1. The van der Waals surface area contributed by atoms with Crippen LogP contribution in [0.2, 0.25) is 0 Å². The van der Waals surface area contributed by atoms with Crippen molar-refractivity contribution in [2.24, 2.45) is 23.5 Å². The maximum Gasteiger partial charge on any atom is -0.00461 e. The van der Waals surface area contributed by atoms with E-state index in [-0.39, 0.29) is 0 Å². The fourth-order valence-corrected chi connectivity index (χ4v) is 3.12. The quantitative estimate of drug-likeness (QED) is 0.685. The summed E-state index contributed by atoms with van der Waals surface area (Å²) in [6, 6.07) is 0. The van der Waals surface area contributed by atoms with E-state index in [0.29, 0.717) is 0 Å². The van der Waals surface area contributed by atoms with Crippen molar-refractivity contribution in [1.82, 2.24) is 0 Å². The zero-order valence-electron chi connectivity index (χ0n) is 9.97. The molecular formula is C13H27N. The molecule has 14 heavy (non-hydrogen) atoms. The average molecular weight is 197 g/mol. The molecule has 1 aliphatic rings. The van der Waals surface area contributed by atoms with E-state index in [4.69, 9.17) is 5.73 Å². The van der Waals surface area contributed by atoms with Crippen LogP contribution in [0.3, 0.4) is 0 Å². The topological polar surface area (TPSA) is 26.0 Å². The van der Waals surface area contributed by atoms with Gasteiger partial charge in [0.25, 0.3) is 0 Å². The summed E-state index contributed by atoms with van der Waals surface area (Å²) in [5.74, 6) is 2.63. The molecule has 0 amide bonds. The van der Waals surface area contributed by atoms with Crippen LogP contribution in [0, 0.1) is 17.8 Å². The van der Waals surface area contributed by atoms with Gasteiger partial charge in [0.2, 0.25) is 0 Å². The maximum absolute atomic E-state index is 5.90. The summed E-state index contributed by atoms with van der Waals surface area (Å²) in [6.45, 7) is 5.64. The Morgan fingerprint density at radius 1 is 1.21 bits per heavy atom. The summed E-state index contributed by atoms with van der Waals surface area (Å²) in [7, 11) is 0. The third-order valence-electron chi connectivity index (χ3n) is 4.00. The Labute approximate surface area is 89.5 Å². The lowest BCUT2D eigenvalue weighted by Crippen LogP contribution is -2.27. The molecular weight excluding hydrogens is 170 g/mol. The maximum atomic E-state index is 5.90. The molecule has 0 aromatic carbocycles. The van der Waals surface area contributed by atoms with E-state index in [1.807, 2.05) is 0 Å². The van der Waals surface area contributed by atoms with E-state index in [1.165, 1.54) is 44.9 Å². The molecule has 0 bridgehead atoms. The van der Waals surface area contributed by atoms with Gasteiger partial charge in [0.15, 0.2) is 0 Å².